The second-order valence-electron chi connectivity index (χ2n) is 7.17. The lowest BCUT2D eigenvalue weighted by Crippen LogP contribution is -2.37. The molecule has 0 bridgehead atoms. The van der Waals surface area contributed by atoms with Crippen molar-refractivity contribution in [2.75, 3.05) is 6.54 Å². The Balaban J connectivity index is 1.76. The summed E-state index contributed by atoms with van der Waals surface area (Å²) >= 11 is 3.60. The lowest BCUT2D eigenvalue weighted by molar-refractivity contribution is 0.187. The molecule has 3 aromatic rings. The SMILES string of the molecule is CC(C)(C)n1nnnc1C(c1ccsc1)N1CCc2sccc2C1. The number of hydrogen-bond donors (Lipinski definition) is 0. The van der Waals surface area contributed by atoms with Gasteiger partial charge in [0.1, 0.15) is 0 Å². The van der Waals surface area contributed by atoms with Crippen molar-refractivity contribution in [2.45, 2.75) is 45.3 Å². The highest BCUT2D eigenvalue weighted by Crippen LogP contribution is 2.35. The first-order chi connectivity index (χ1) is 11.5. The van der Waals surface area contributed by atoms with Crippen molar-refractivity contribution in [1.29, 1.82) is 0 Å². The van der Waals surface area contributed by atoms with E-state index in [4.69, 9.17) is 0 Å². The maximum Gasteiger partial charge on any atom is 0.173 e. The molecule has 0 saturated carbocycles. The van der Waals surface area contributed by atoms with Crippen LogP contribution in [-0.2, 0) is 18.5 Å². The minimum atomic E-state index is -0.142. The van der Waals surface area contributed by atoms with Gasteiger partial charge in [0.25, 0.3) is 0 Å². The second-order valence-corrected chi connectivity index (χ2v) is 8.95. The Labute approximate surface area is 149 Å². The molecule has 126 valence electrons. The third-order valence-corrected chi connectivity index (χ3v) is 6.16. The fraction of sp³-hybridized carbons (Fsp3) is 0.471. The monoisotopic (exact) mass is 359 g/mol. The Morgan fingerprint density at radius 2 is 2.08 bits per heavy atom. The van der Waals surface area contributed by atoms with Crippen LogP contribution in [0.25, 0.3) is 0 Å². The van der Waals surface area contributed by atoms with Crippen LogP contribution in [-0.4, -0.2) is 31.7 Å². The molecular formula is C17H21N5S2. The van der Waals surface area contributed by atoms with Crippen LogP contribution in [0, 0.1) is 0 Å². The molecule has 0 saturated heterocycles. The smallest absolute Gasteiger partial charge is 0.173 e. The minimum Gasteiger partial charge on any atom is -0.285 e. The molecule has 0 fully saturated rings. The molecular weight excluding hydrogens is 338 g/mol. The zero-order chi connectivity index (χ0) is 16.7. The molecule has 1 unspecified atom stereocenters. The fourth-order valence-electron chi connectivity index (χ4n) is 3.29. The van der Waals surface area contributed by atoms with Gasteiger partial charge >= 0.3 is 0 Å². The normalized spacial score (nSPS) is 17.0. The number of fused-ring (bicyclic) bond motifs is 1. The Kier molecular flexibility index (Phi) is 4.02. The van der Waals surface area contributed by atoms with Crippen molar-refractivity contribution in [3.05, 3.63) is 50.1 Å². The summed E-state index contributed by atoms with van der Waals surface area (Å²) < 4.78 is 1.97. The van der Waals surface area contributed by atoms with Crippen LogP contribution in [0.2, 0.25) is 0 Å². The van der Waals surface area contributed by atoms with Gasteiger partial charge in [-0.25, -0.2) is 4.68 Å². The summed E-state index contributed by atoms with van der Waals surface area (Å²) in [7, 11) is 0. The zero-order valence-electron chi connectivity index (χ0n) is 14.1. The van der Waals surface area contributed by atoms with Crippen LogP contribution in [0.3, 0.4) is 0 Å². The van der Waals surface area contributed by atoms with Gasteiger partial charge < -0.3 is 0 Å². The molecule has 0 radical (unpaired) electrons. The summed E-state index contributed by atoms with van der Waals surface area (Å²) in [5.41, 5.74) is 2.58. The summed E-state index contributed by atoms with van der Waals surface area (Å²) in [4.78, 5) is 4.02. The van der Waals surface area contributed by atoms with Gasteiger partial charge in [0.05, 0.1) is 11.6 Å². The lowest BCUT2D eigenvalue weighted by atomic mass is 10.0. The van der Waals surface area contributed by atoms with E-state index in [1.165, 1.54) is 16.0 Å². The van der Waals surface area contributed by atoms with E-state index in [1.807, 2.05) is 16.0 Å². The topological polar surface area (TPSA) is 46.8 Å². The van der Waals surface area contributed by atoms with Crippen molar-refractivity contribution < 1.29 is 0 Å². The summed E-state index contributed by atoms with van der Waals surface area (Å²) in [5, 5.41) is 19.2. The summed E-state index contributed by atoms with van der Waals surface area (Å²) in [5.74, 6) is 0.930. The number of nitrogens with zero attached hydrogens (tertiary/aromatic N) is 5. The van der Waals surface area contributed by atoms with E-state index in [0.29, 0.717) is 0 Å². The van der Waals surface area contributed by atoms with Crippen LogP contribution in [0.4, 0.5) is 0 Å². The molecule has 24 heavy (non-hydrogen) atoms. The molecule has 1 aliphatic rings. The molecule has 3 aromatic heterocycles. The van der Waals surface area contributed by atoms with Crippen molar-refractivity contribution in [3.8, 4) is 0 Å². The summed E-state index contributed by atoms with van der Waals surface area (Å²) in [6, 6.07) is 4.54. The quantitative estimate of drug-likeness (QED) is 0.715. The first-order valence-corrected chi connectivity index (χ1v) is 9.96. The number of aromatic nitrogens is 4. The third kappa shape index (κ3) is 2.81. The van der Waals surface area contributed by atoms with Gasteiger partial charge in [0.2, 0.25) is 0 Å². The van der Waals surface area contributed by atoms with E-state index in [1.54, 1.807) is 11.3 Å². The van der Waals surface area contributed by atoms with Crippen LogP contribution < -0.4 is 0 Å². The average Bonchev–Trinajstić information content (AvgIpc) is 3.28. The third-order valence-electron chi connectivity index (χ3n) is 4.43. The first kappa shape index (κ1) is 15.9. The zero-order valence-corrected chi connectivity index (χ0v) is 15.8. The van der Waals surface area contributed by atoms with E-state index in [0.717, 1.165) is 25.3 Å². The lowest BCUT2D eigenvalue weighted by Gasteiger charge is -2.34. The van der Waals surface area contributed by atoms with Gasteiger partial charge in [-0.3, -0.25) is 4.90 Å². The maximum atomic E-state index is 4.43. The molecule has 0 amide bonds. The van der Waals surface area contributed by atoms with Gasteiger partial charge in [-0.15, -0.1) is 16.4 Å². The van der Waals surface area contributed by atoms with Gasteiger partial charge in [-0.1, -0.05) is 0 Å². The van der Waals surface area contributed by atoms with Crippen LogP contribution in [0.1, 0.15) is 48.6 Å². The Hall–Kier alpha value is -1.57. The van der Waals surface area contributed by atoms with Crippen molar-refractivity contribution in [3.63, 3.8) is 0 Å². The van der Waals surface area contributed by atoms with E-state index in [9.17, 15) is 0 Å². The van der Waals surface area contributed by atoms with E-state index in [2.05, 4.69) is 69.5 Å². The number of rotatable bonds is 3. The van der Waals surface area contributed by atoms with E-state index in [-0.39, 0.29) is 11.6 Å². The Morgan fingerprint density at radius 3 is 2.83 bits per heavy atom. The van der Waals surface area contributed by atoms with Gasteiger partial charge in [-0.2, -0.15) is 11.3 Å². The number of hydrogen-bond acceptors (Lipinski definition) is 6. The Morgan fingerprint density at radius 1 is 1.21 bits per heavy atom. The average molecular weight is 360 g/mol. The largest absolute Gasteiger partial charge is 0.285 e. The minimum absolute atomic E-state index is 0.0959. The predicted molar refractivity (Wildman–Crippen MR) is 97.4 cm³/mol. The molecule has 4 heterocycles. The molecule has 0 aromatic carbocycles. The van der Waals surface area contributed by atoms with Crippen LogP contribution in [0.5, 0.6) is 0 Å². The highest BCUT2D eigenvalue weighted by molar-refractivity contribution is 7.10. The molecule has 4 rings (SSSR count). The molecule has 7 heteroatoms. The summed E-state index contributed by atoms with van der Waals surface area (Å²) in [6.07, 6.45) is 1.10. The predicted octanol–water partition coefficient (Wildman–Crippen LogP) is 3.70. The first-order valence-electron chi connectivity index (χ1n) is 8.14. The molecule has 0 spiro atoms. The fourth-order valence-corrected chi connectivity index (χ4v) is 4.86. The standard InChI is InChI=1S/C17H21N5S2/c1-17(2,3)22-16(18-19-20-22)15(13-5-8-23-11-13)21-7-4-14-12(10-21)6-9-24-14/h5-6,8-9,11,15H,4,7,10H2,1-3H3. The van der Waals surface area contributed by atoms with Crippen molar-refractivity contribution in [2.24, 2.45) is 0 Å². The van der Waals surface area contributed by atoms with Gasteiger partial charge in [0, 0.05) is 18.0 Å². The van der Waals surface area contributed by atoms with Gasteiger partial charge in [0.15, 0.2) is 5.82 Å². The highest BCUT2D eigenvalue weighted by Gasteiger charge is 2.33. The van der Waals surface area contributed by atoms with E-state index >= 15 is 0 Å². The summed E-state index contributed by atoms with van der Waals surface area (Å²) in [6.45, 7) is 8.42. The molecule has 0 aliphatic carbocycles. The van der Waals surface area contributed by atoms with E-state index < -0.39 is 0 Å². The Bertz CT molecular complexity index is 812. The highest BCUT2D eigenvalue weighted by atomic mass is 32.1. The number of thiophene rings is 2. The maximum absolute atomic E-state index is 4.43. The molecule has 1 atom stereocenters. The molecule has 0 N–H and O–H groups in total. The van der Waals surface area contributed by atoms with Gasteiger partial charge in [-0.05, 0) is 77.0 Å². The molecule has 5 nitrogen and oxygen atoms in total. The van der Waals surface area contributed by atoms with Crippen LogP contribution >= 0.6 is 22.7 Å². The van der Waals surface area contributed by atoms with Crippen molar-refractivity contribution >= 4 is 22.7 Å². The van der Waals surface area contributed by atoms with Crippen molar-refractivity contribution in [1.82, 2.24) is 25.1 Å². The number of tetrazole rings is 1. The van der Waals surface area contributed by atoms with Crippen LogP contribution in [0.15, 0.2) is 28.3 Å². The molecule has 1 aliphatic heterocycles. The second kappa shape index (κ2) is 6.06.